The molecule has 3 atom stereocenters. The second-order valence-corrected chi connectivity index (χ2v) is 7.58. The lowest BCUT2D eigenvalue weighted by Gasteiger charge is -2.29. The molecule has 2 fully saturated rings. The molecule has 23 heavy (non-hydrogen) atoms. The van der Waals surface area contributed by atoms with E-state index in [2.05, 4.69) is 40.5 Å². The number of nitrogens with one attached hydrogen (secondary N) is 1. The monoisotopic (exact) mass is 339 g/mol. The molecule has 1 aliphatic heterocycles. The van der Waals surface area contributed by atoms with Crippen molar-refractivity contribution in [1.82, 2.24) is 19.2 Å². The summed E-state index contributed by atoms with van der Waals surface area (Å²) in [4.78, 5) is 20.8. The number of fused-ring (bicyclic) bond motifs is 1. The van der Waals surface area contributed by atoms with E-state index in [4.69, 9.17) is 4.74 Å². The number of rotatable bonds is 4. The van der Waals surface area contributed by atoms with Crippen LogP contribution in [0.2, 0.25) is 0 Å². The van der Waals surface area contributed by atoms with E-state index in [-0.39, 0.29) is 6.03 Å². The van der Waals surface area contributed by atoms with E-state index in [1.54, 1.807) is 0 Å². The first-order valence-electron chi connectivity index (χ1n) is 8.13. The fraction of sp³-hybridized carbons (Fsp3) is 0.800. The van der Waals surface area contributed by atoms with Crippen LogP contribution in [0.4, 0.5) is 9.93 Å². The Hall–Kier alpha value is -1.41. The first-order chi connectivity index (χ1) is 11.0. The summed E-state index contributed by atoms with van der Waals surface area (Å²) >= 11 is 1.14. The van der Waals surface area contributed by atoms with Crippen molar-refractivity contribution in [1.29, 1.82) is 0 Å². The Balaban J connectivity index is 1.52. The number of carbonyl (C=O) groups is 1. The van der Waals surface area contributed by atoms with E-state index < -0.39 is 0 Å². The average Bonchev–Trinajstić information content (AvgIpc) is 3.19. The van der Waals surface area contributed by atoms with Crippen molar-refractivity contribution in [3.8, 4) is 6.01 Å². The summed E-state index contributed by atoms with van der Waals surface area (Å²) in [6, 6.07) is 1.45. The summed E-state index contributed by atoms with van der Waals surface area (Å²) in [7, 11) is 3.73. The number of carbonyl (C=O) groups excluding carboxylic acids is 1. The van der Waals surface area contributed by atoms with Crippen LogP contribution in [0.3, 0.4) is 0 Å². The fourth-order valence-electron chi connectivity index (χ4n) is 3.70. The quantitative estimate of drug-likeness (QED) is 0.910. The van der Waals surface area contributed by atoms with Gasteiger partial charge in [0, 0.05) is 36.7 Å². The van der Waals surface area contributed by atoms with Gasteiger partial charge in [0.2, 0.25) is 5.13 Å². The second-order valence-electron chi connectivity index (χ2n) is 6.83. The van der Waals surface area contributed by atoms with Crippen LogP contribution in [0.15, 0.2) is 0 Å². The molecule has 0 bridgehead atoms. The van der Waals surface area contributed by atoms with Gasteiger partial charge in [-0.2, -0.15) is 4.98 Å². The summed E-state index contributed by atoms with van der Waals surface area (Å²) in [6.07, 6.45) is 2.38. The number of methoxy groups -OCH3 is 1. The zero-order valence-corrected chi connectivity index (χ0v) is 15.0. The number of ether oxygens (including phenoxy) is 1. The van der Waals surface area contributed by atoms with E-state index in [0.29, 0.717) is 35.1 Å². The van der Waals surface area contributed by atoms with Crippen LogP contribution in [0.1, 0.15) is 26.7 Å². The molecule has 2 heterocycles. The highest BCUT2D eigenvalue weighted by molar-refractivity contribution is 7.10. The van der Waals surface area contributed by atoms with Gasteiger partial charge in [-0.15, -0.1) is 4.37 Å². The Bertz CT molecular complexity index is 550. The lowest BCUT2D eigenvalue weighted by molar-refractivity contribution is 0.180. The summed E-state index contributed by atoms with van der Waals surface area (Å²) in [5.74, 6) is 1.24. The smallest absolute Gasteiger partial charge is 0.329 e. The van der Waals surface area contributed by atoms with Crippen LogP contribution in [0, 0.1) is 11.8 Å². The minimum atomic E-state index is -0.0769. The number of likely N-dealkylation sites (tertiary alicyclic amines) is 1. The lowest BCUT2D eigenvalue weighted by atomic mass is 10.0. The molecule has 2 amide bonds. The van der Waals surface area contributed by atoms with Gasteiger partial charge in [-0.1, -0.05) is 0 Å². The predicted molar refractivity (Wildman–Crippen MR) is 90.0 cm³/mol. The molecule has 7 nitrogen and oxygen atoms in total. The number of hydrogen-bond donors (Lipinski definition) is 1. The first kappa shape index (κ1) is 16.4. The Kier molecular flexibility index (Phi) is 4.72. The number of amides is 2. The van der Waals surface area contributed by atoms with Gasteiger partial charge in [0.25, 0.3) is 0 Å². The maximum atomic E-state index is 12.4. The van der Waals surface area contributed by atoms with Crippen molar-refractivity contribution in [2.24, 2.45) is 11.8 Å². The molecule has 1 saturated heterocycles. The van der Waals surface area contributed by atoms with Crippen LogP contribution in [0.25, 0.3) is 0 Å². The molecule has 1 saturated carbocycles. The Morgan fingerprint density at radius 1 is 1.39 bits per heavy atom. The number of anilines is 1. The molecule has 0 aromatic carbocycles. The van der Waals surface area contributed by atoms with Crippen molar-refractivity contribution < 1.29 is 9.53 Å². The molecule has 1 aromatic heterocycles. The third-order valence-electron chi connectivity index (χ3n) is 5.21. The number of aromatic nitrogens is 2. The predicted octanol–water partition coefficient (Wildman–Crippen LogP) is 2.13. The Morgan fingerprint density at radius 3 is 2.57 bits per heavy atom. The summed E-state index contributed by atoms with van der Waals surface area (Å²) in [5.41, 5.74) is 0. The standard InChI is InChI=1S/C15H25N5O2S/c1-9(2)19(3)12-5-10-7-20(8-11(10)6-12)15(21)17-14-16-13(22-4)18-23-14/h9-12H,5-8H2,1-4H3,(H,16,17,18,21)/t10-,11+,12+. The third kappa shape index (κ3) is 3.42. The van der Waals surface area contributed by atoms with Gasteiger partial charge in [0.1, 0.15) is 0 Å². The number of nitrogens with zero attached hydrogens (tertiary/aromatic N) is 4. The van der Waals surface area contributed by atoms with Gasteiger partial charge in [0.15, 0.2) is 0 Å². The molecule has 128 valence electrons. The van der Waals surface area contributed by atoms with Crippen LogP contribution in [-0.4, -0.2) is 64.5 Å². The van der Waals surface area contributed by atoms with Gasteiger partial charge in [-0.25, -0.2) is 4.79 Å². The molecule has 0 spiro atoms. The normalized spacial score (nSPS) is 26.9. The van der Waals surface area contributed by atoms with Crippen LogP contribution in [-0.2, 0) is 0 Å². The molecular formula is C15H25N5O2S. The van der Waals surface area contributed by atoms with Crippen molar-refractivity contribution >= 4 is 22.7 Å². The minimum Gasteiger partial charge on any atom is -0.466 e. The zero-order chi connectivity index (χ0) is 16.6. The van der Waals surface area contributed by atoms with E-state index >= 15 is 0 Å². The number of urea groups is 1. The molecule has 0 radical (unpaired) electrons. The largest absolute Gasteiger partial charge is 0.466 e. The van der Waals surface area contributed by atoms with Gasteiger partial charge in [-0.3, -0.25) is 5.32 Å². The van der Waals surface area contributed by atoms with E-state index in [1.165, 1.54) is 20.0 Å². The fourth-order valence-corrected chi connectivity index (χ4v) is 4.23. The molecule has 1 N–H and O–H groups in total. The Labute approximate surface area is 141 Å². The minimum absolute atomic E-state index is 0.0769. The van der Waals surface area contributed by atoms with Crippen LogP contribution in [0.5, 0.6) is 6.01 Å². The highest BCUT2D eigenvalue weighted by Gasteiger charge is 2.43. The molecule has 0 unspecified atom stereocenters. The zero-order valence-electron chi connectivity index (χ0n) is 14.2. The number of hydrogen-bond acceptors (Lipinski definition) is 6. The first-order valence-corrected chi connectivity index (χ1v) is 8.90. The van der Waals surface area contributed by atoms with Gasteiger partial charge >= 0.3 is 12.0 Å². The molecule has 1 aliphatic carbocycles. The van der Waals surface area contributed by atoms with Crippen LogP contribution < -0.4 is 10.1 Å². The van der Waals surface area contributed by atoms with E-state index in [1.807, 2.05) is 4.90 Å². The molecule has 2 aliphatic rings. The summed E-state index contributed by atoms with van der Waals surface area (Å²) in [6.45, 7) is 6.16. The highest BCUT2D eigenvalue weighted by Crippen LogP contribution is 2.40. The third-order valence-corrected chi connectivity index (χ3v) is 5.82. The summed E-state index contributed by atoms with van der Waals surface area (Å²) < 4.78 is 8.92. The maximum absolute atomic E-state index is 12.4. The highest BCUT2D eigenvalue weighted by atomic mass is 32.1. The van der Waals surface area contributed by atoms with Crippen molar-refractivity contribution in [3.63, 3.8) is 0 Å². The summed E-state index contributed by atoms with van der Waals surface area (Å²) in [5, 5.41) is 3.31. The molecule has 3 rings (SSSR count). The maximum Gasteiger partial charge on any atom is 0.329 e. The average molecular weight is 339 g/mol. The van der Waals surface area contributed by atoms with Crippen molar-refractivity contribution in [2.75, 3.05) is 32.6 Å². The van der Waals surface area contributed by atoms with Crippen molar-refractivity contribution in [2.45, 2.75) is 38.8 Å². The van der Waals surface area contributed by atoms with Gasteiger partial charge in [0.05, 0.1) is 7.11 Å². The van der Waals surface area contributed by atoms with Crippen molar-refractivity contribution in [3.05, 3.63) is 0 Å². The topological polar surface area (TPSA) is 70.6 Å². The Morgan fingerprint density at radius 2 is 2.04 bits per heavy atom. The van der Waals surface area contributed by atoms with Gasteiger partial charge in [-0.05, 0) is 45.6 Å². The second kappa shape index (κ2) is 6.60. The lowest BCUT2D eigenvalue weighted by Crippen LogP contribution is -2.38. The molecular weight excluding hydrogens is 314 g/mol. The van der Waals surface area contributed by atoms with Crippen LogP contribution >= 0.6 is 11.5 Å². The molecule has 8 heteroatoms. The van der Waals surface area contributed by atoms with Gasteiger partial charge < -0.3 is 14.5 Å². The van der Waals surface area contributed by atoms with E-state index in [9.17, 15) is 4.79 Å². The van der Waals surface area contributed by atoms with E-state index in [0.717, 1.165) is 24.6 Å². The molecule has 1 aromatic rings. The SMILES string of the molecule is COc1nsc(NC(=O)N2C[C@H]3C[C@H](N(C)C(C)C)C[C@H]3C2)n1.